The Labute approximate surface area is 249 Å². The Morgan fingerprint density at radius 1 is 1.00 bits per heavy atom. The van der Waals surface area contributed by atoms with Crippen molar-refractivity contribution in [2.24, 2.45) is 0 Å². The van der Waals surface area contributed by atoms with Gasteiger partial charge in [-0.25, -0.2) is 9.97 Å². The van der Waals surface area contributed by atoms with Crippen molar-refractivity contribution in [3.63, 3.8) is 0 Å². The Kier molecular flexibility index (Phi) is 10.3. The lowest BCUT2D eigenvalue weighted by atomic mass is 10.1. The van der Waals surface area contributed by atoms with Crippen molar-refractivity contribution in [2.45, 2.75) is 45.3 Å². The maximum atomic E-state index is 6.34. The van der Waals surface area contributed by atoms with Crippen LogP contribution in [0.15, 0.2) is 48.7 Å². The van der Waals surface area contributed by atoms with E-state index >= 15 is 0 Å². The minimum atomic E-state index is 0.130. The highest BCUT2D eigenvalue weighted by molar-refractivity contribution is 5.69. The van der Waals surface area contributed by atoms with Crippen molar-refractivity contribution in [1.29, 1.82) is 0 Å². The van der Waals surface area contributed by atoms with Gasteiger partial charge in [0, 0.05) is 75.1 Å². The minimum absolute atomic E-state index is 0.130. The SMILES string of the molecule is COc1ccc(Nc2nccc(-c3ccc(OC4CCOCC4)c(N)c3)n2)cc1OCCCN1CCN(C(C)C)CC1. The van der Waals surface area contributed by atoms with Gasteiger partial charge in [-0.1, -0.05) is 0 Å². The molecule has 0 bridgehead atoms. The molecule has 2 aliphatic heterocycles. The second-order valence-corrected chi connectivity index (χ2v) is 11.1. The first-order valence-corrected chi connectivity index (χ1v) is 15.0. The van der Waals surface area contributed by atoms with Crippen LogP contribution in [0.4, 0.5) is 17.3 Å². The van der Waals surface area contributed by atoms with Crippen molar-refractivity contribution in [3.8, 4) is 28.5 Å². The van der Waals surface area contributed by atoms with E-state index in [2.05, 4.69) is 33.9 Å². The van der Waals surface area contributed by atoms with E-state index in [1.165, 1.54) is 0 Å². The third kappa shape index (κ3) is 8.02. The summed E-state index contributed by atoms with van der Waals surface area (Å²) in [4.78, 5) is 14.2. The molecule has 42 heavy (non-hydrogen) atoms. The number of methoxy groups -OCH3 is 1. The maximum Gasteiger partial charge on any atom is 0.227 e. The minimum Gasteiger partial charge on any atom is -0.493 e. The molecule has 0 unspecified atom stereocenters. The monoisotopic (exact) mass is 576 g/mol. The highest BCUT2D eigenvalue weighted by Crippen LogP contribution is 2.33. The number of nitrogens with zero attached hydrogens (tertiary/aromatic N) is 4. The number of nitrogen functional groups attached to an aromatic ring is 1. The number of rotatable bonds is 12. The molecule has 3 N–H and O–H groups in total. The molecule has 226 valence electrons. The first kappa shape index (κ1) is 29.9. The first-order valence-electron chi connectivity index (χ1n) is 15.0. The van der Waals surface area contributed by atoms with E-state index < -0.39 is 0 Å². The number of ether oxygens (including phenoxy) is 4. The fraction of sp³-hybridized carbons (Fsp3) is 0.500. The summed E-state index contributed by atoms with van der Waals surface area (Å²) in [5.74, 6) is 2.55. The maximum absolute atomic E-state index is 6.34. The molecule has 3 heterocycles. The van der Waals surface area contributed by atoms with Gasteiger partial charge in [0.2, 0.25) is 5.95 Å². The van der Waals surface area contributed by atoms with Crippen LogP contribution in [-0.2, 0) is 4.74 Å². The van der Waals surface area contributed by atoms with E-state index in [0.717, 1.165) is 82.1 Å². The number of nitrogens with one attached hydrogen (secondary N) is 1. The third-order valence-electron chi connectivity index (χ3n) is 7.86. The lowest BCUT2D eigenvalue weighted by Gasteiger charge is -2.36. The molecule has 0 radical (unpaired) electrons. The van der Waals surface area contributed by atoms with Gasteiger partial charge in [0.1, 0.15) is 11.9 Å². The predicted molar refractivity (Wildman–Crippen MR) is 166 cm³/mol. The molecular formula is C32H44N6O4. The number of piperazine rings is 1. The van der Waals surface area contributed by atoms with Crippen LogP contribution in [0.1, 0.15) is 33.1 Å². The highest BCUT2D eigenvalue weighted by Gasteiger charge is 2.19. The predicted octanol–water partition coefficient (Wildman–Crippen LogP) is 4.83. The van der Waals surface area contributed by atoms with Crippen molar-refractivity contribution >= 4 is 17.3 Å². The number of aromatic nitrogens is 2. The van der Waals surface area contributed by atoms with Crippen LogP contribution in [0.3, 0.4) is 0 Å². The summed E-state index contributed by atoms with van der Waals surface area (Å²) in [6.45, 7) is 12.1. The smallest absolute Gasteiger partial charge is 0.227 e. The standard InChI is InChI=1S/C32H44N6O4/c1-23(2)38-16-14-37(15-17-38)13-4-18-41-31-22-25(6-8-30(31)39-3)35-32-34-12-9-28(36-32)24-5-7-29(27(33)21-24)42-26-10-19-40-20-11-26/h5-9,12,21-23,26H,4,10-11,13-20,33H2,1-3H3,(H,34,35,36). The molecule has 2 aromatic carbocycles. The van der Waals surface area contributed by atoms with Crippen molar-refractivity contribution in [3.05, 3.63) is 48.7 Å². The van der Waals surface area contributed by atoms with Gasteiger partial charge in [0.05, 0.1) is 38.3 Å². The second kappa shape index (κ2) is 14.5. The average molecular weight is 577 g/mol. The summed E-state index contributed by atoms with van der Waals surface area (Å²) < 4.78 is 23.2. The molecule has 0 spiro atoms. The van der Waals surface area contributed by atoms with Gasteiger partial charge in [0.25, 0.3) is 0 Å². The van der Waals surface area contributed by atoms with E-state index in [1.807, 2.05) is 42.5 Å². The van der Waals surface area contributed by atoms with Crippen LogP contribution >= 0.6 is 0 Å². The van der Waals surface area contributed by atoms with Gasteiger partial charge in [-0.3, -0.25) is 4.90 Å². The number of nitrogens with two attached hydrogens (primary N) is 1. The Morgan fingerprint density at radius 3 is 2.52 bits per heavy atom. The molecule has 3 aromatic rings. The molecule has 10 heteroatoms. The molecule has 2 fully saturated rings. The second-order valence-electron chi connectivity index (χ2n) is 11.1. The van der Waals surface area contributed by atoms with Crippen LogP contribution in [0.2, 0.25) is 0 Å². The lowest BCUT2D eigenvalue weighted by molar-refractivity contribution is 0.0259. The first-order chi connectivity index (χ1) is 20.5. The van der Waals surface area contributed by atoms with E-state index in [1.54, 1.807) is 13.3 Å². The Hall–Kier alpha value is -3.60. The Morgan fingerprint density at radius 2 is 1.79 bits per heavy atom. The summed E-state index contributed by atoms with van der Waals surface area (Å²) in [5, 5.41) is 3.30. The van der Waals surface area contributed by atoms with Crippen molar-refractivity contribution in [2.75, 3.05) is 70.7 Å². The highest BCUT2D eigenvalue weighted by atomic mass is 16.5. The molecule has 5 rings (SSSR count). The number of anilines is 3. The fourth-order valence-corrected chi connectivity index (χ4v) is 5.34. The van der Waals surface area contributed by atoms with E-state index in [9.17, 15) is 0 Å². The summed E-state index contributed by atoms with van der Waals surface area (Å²) in [6.07, 6.45) is 4.56. The largest absolute Gasteiger partial charge is 0.493 e. The zero-order valence-electron chi connectivity index (χ0n) is 25.1. The van der Waals surface area contributed by atoms with Gasteiger partial charge in [-0.2, -0.15) is 0 Å². The Balaban J connectivity index is 1.17. The molecule has 2 saturated heterocycles. The van der Waals surface area contributed by atoms with Gasteiger partial charge in [0.15, 0.2) is 11.5 Å². The zero-order chi connectivity index (χ0) is 29.3. The molecule has 0 amide bonds. The third-order valence-corrected chi connectivity index (χ3v) is 7.86. The molecule has 0 atom stereocenters. The van der Waals surface area contributed by atoms with E-state index in [-0.39, 0.29) is 6.10 Å². The van der Waals surface area contributed by atoms with E-state index in [0.29, 0.717) is 41.5 Å². The lowest BCUT2D eigenvalue weighted by Crippen LogP contribution is -2.49. The zero-order valence-corrected chi connectivity index (χ0v) is 25.1. The molecular weight excluding hydrogens is 532 g/mol. The van der Waals surface area contributed by atoms with Gasteiger partial charge in [-0.15, -0.1) is 0 Å². The average Bonchev–Trinajstić information content (AvgIpc) is 3.01. The quantitative estimate of drug-likeness (QED) is 0.230. The summed E-state index contributed by atoms with van der Waals surface area (Å²) >= 11 is 0. The fourth-order valence-electron chi connectivity index (χ4n) is 5.34. The molecule has 0 aliphatic carbocycles. The van der Waals surface area contributed by atoms with Crippen molar-refractivity contribution < 1.29 is 18.9 Å². The molecule has 0 saturated carbocycles. The van der Waals surface area contributed by atoms with Gasteiger partial charge in [-0.05, 0) is 56.7 Å². The van der Waals surface area contributed by atoms with E-state index in [4.69, 9.17) is 29.7 Å². The number of hydrogen-bond donors (Lipinski definition) is 2. The summed E-state index contributed by atoms with van der Waals surface area (Å²) in [6, 6.07) is 14.0. The normalized spacial score (nSPS) is 16.9. The molecule has 1 aromatic heterocycles. The summed E-state index contributed by atoms with van der Waals surface area (Å²) in [7, 11) is 1.65. The summed E-state index contributed by atoms with van der Waals surface area (Å²) in [5.41, 5.74) is 9.39. The number of hydrogen-bond acceptors (Lipinski definition) is 10. The van der Waals surface area contributed by atoms with Crippen LogP contribution in [0.5, 0.6) is 17.2 Å². The van der Waals surface area contributed by atoms with Crippen molar-refractivity contribution in [1.82, 2.24) is 19.8 Å². The molecule has 2 aliphatic rings. The Bertz CT molecular complexity index is 1290. The molecule has 10 nitrogen and oxygen atoms in total. The van der Waals surface area contributed by atoms with Crippen LogP contribution < -0.4 is 25.3 Å². The van der Waals surface area contributed by atoms with Crippen LogP contribution in [0.25, 0.3) is 11.3 Å². The van der Waals surface area contributed by atoms with Gasteiger partial charge < -0.3 is 34.9 Å². The number of benzene rings is 2. The van der Waals surface area contributed by atoms with Crippen LogP contribution in [-0.4, -0.2) is 91.6 Å². The van der Waals surface area contributed by atoms with Gasteiger partial charge >= 0.3 is 0 Å². The van der Waals surface area contributed by atoms with Crippen LogP contribution in [0, 0.1) is 0 Å². The topological polar surface area (TPSA) is 107 Å².